The van der Waals surface area contributed by atoms with E-state index in [0.717, 1.165) is 0 Å². The molecule has 0 radical (unpaired) electrons. The summed E-state index contributed by atoms with van der Waals surface area (Å²) in [4.78, 5) is 8.54. The Morgan fingerprint density at radius 3 is 2.45 bits per heavy atom. The Bertz CT molecular complexity index is 451. The molecule has 0 aromatic carbocycles. The summed E-state index contributed by atoms with van der Waals surface area (Å²) in [5.41, 5.74) is 0.693. The highest BCUT2D eigenvalue weighted by Crippen LogP contribution is 2.42. The van der Waals surface area contributed by atoms with Gasteiger partial charge in [-0.1, -0.05) is 6.92 Å². The SMILES string of the molecule is CCNP(=S)(OC)Oc1cc(COC)nc(COC)n1. The summed E-state index contributed by atoms with van der Waals surface area (Å²) in [6.45, 7) is 0.620. The molecule has 1 rings (SSSR count). The Morgan fingerprint density at radius 1 is 1.20 bits per heavy atom. The van der Waals surface area contributed by atoms with E-state index in [4.69, 9.17) is 30.3 Å². The molecule has 0 bridgehead atoms. The van der Waals surface area contributed by atoms with Crippen molar-refractivity contribution in [2.75, 3.05) is 27.9 Å². The summed E-state index contributed by atoms with van der Waals surface area (Å²) in [7, 11) is 4.68. The molecule has 1 heterocycles. The van der Waals surface area contributed by atoms with Crippen molar-refractivity contribution in [2.24, 2.45) is 0 Å². The van der Waals surface area contributed by atoms with E-state index in [2.05, 4.69) is 15.1 Å². The van der Waals surface area contributed by atoms with E-state index in [1.165, 1.54) is 7.11 Å². The van der Waals surface area contributed by atoms with E-state index >= 15 is 0 Å². The standard InChI is InChI=1S/C11H20N3O4PS/c1-5-12-19(20,17-4)18-11-6-9(7-15-2)13-10(14-11)8-16-3/h6H,5,7-8H2,1-4H3,(H,12,20). The molecule has 0 spiro atoms. The van der Waals surface area contributed by atoms with Crippen LogP contribution in [0, 0.1) is 0 Å². The van der Waals surface area contributed by atoms with Crippen LogP contribution in [0.3, 0.4) is 0 Å². The number of rotatable bonds is 9. The monoisotopic (exact) mass is 321 g/mol. The molecule has 0 saturated heterocycles. The van der Waals surface area contributed by atoms with E-state index in [1.54, 1.807) is 20.3 Å². The molecule has 0 aliphatic heterocycles. The molecule has 20 heavy (non-hydrogen) atoms. The van der Waals surface area contributed by atoms with Gasteiger partial charge in [-0.15, -0.1) is 0 Å². The van der Waals surface area contributed by atoms with Gasteiger partial charge in [0.15, 0.2) is 5.82 Å². The summed E-state index contributed by atoms with van der Waals surface area (Å²) in [5, 5.41) is 3.02. The van der Waals surface area contributed by atoms with Gasteiger partial charge < -0.3 is 18.5 Å². The van der Waals surface area contributed by atoms with Crippen LogP contribution in [-0.4, -0.2) is 37.8 Å². The quantitative estimate of drug-likeness (QED) is 0.688. The highest BCUT2D eigenvalue weighted by atomic mass is 32.5. The summed E-state index contributed by atoms with van der Waals surface area (Å²) in [5.74, 6) is 0.858. The third-order valence-electron chi connectivity index (χ3n) is 2.17. The fraction of sp³-hybridized carbons (Fsp3) is 0.636. The fourth-order valence-corrected chi connectivity index (χ4v) is 3.05. The van der Waals surface area contributed by atoms with Gasteiger partial charge in [0.1, 0.15) is 6.61 Å². The minimum absolute atomic E-state index is 0.283. The number of hydrogen-bond donors (Lipinski definition) is 1. The van der Waals surface area contributed by atoms with Crippen molar-refractivity contribution in [2.45, 2.75) is 20.1 Å². The van der Waals surface area contributed by atoms with Gasteiger partial charge in [0.05, 0.1) is 12.3 Å². The average molecular weight is 321 g/mol. The molecule has 0 aliphatic rings. The number of nitrogens with one attached hydrogen (secondary N) is 1. The van der Waals surface area contributed by atoms with Crippen LogP contribution in [0.4, 0.5) is 0 Å². The van der Waals surface area contributed by atoms with Gasteiger partial charge in [0.25, 0.3) is 0 Å². The molecule has 9 heteroatoms. The van der Waals surface area contributed by atoms with E-state index in [1.807, 2.05) is 6.92 Å². The molecule has 1 unspecified atom stereocenters. The van der Waals surface area contributed by atoms with Crippen LogP contribution in [0.5, 0.6) is 5.88 Å². The van der Waals surface area contributed by atoms with Crippen molar-refractivity contribution >= 4 is 18.4 Å². The van der Waals surface area contributed by atoms with Crippen molar-refractivity contribution in [3.05, 3.63) is 17.6 Å². The average Bonchev–Trinajstić information content (AvgIpc) is 2.39. The first-order valence-electron chi connectivity index (χ1n) is 6.02. The molecule has 0 amide bonds. The van der Waals surface area contributed by atoms with Gasteiger partial charge in [0, 0.05) is 33.9 Å². The van der Waals surface area contributed by atoms with Crippen molar-refractivity contribution in [3.8, 4) is 5.88 Å². The minimum Gasteiger partial charge on any atom is -0.414 e. The van der Waals surface area contributed by atoms with Crippen LogP contribution in [0.25, 0.3) is 0 Å². The summed E-state index contributed by atoms with van der Waals surface area (Å²) < 4.78 is 21.1. The van der Waals surface area contributed by atoms with E-state index in [-0.39, 0.29) is 6.61 Å². The third kappa shape index (κ3) is 5.40. The predicted octanol–water partition coefficient (Wildman–Crippen LogP) is 1.63. The topological polar surface area (TPSA) is 74.7 Å². The summed E-state index contributed by atoms with van der Waals surface area (Å²) >= 11 is 5.33. The lowest BCUT2D eigenvalue weighted by Gasteiger charge is -2.20. The second-order valence-electron chi connectivity index (χ2n) is 3.76. The van der Waals surface area contributed by atoms with Gasteiger partial charge in [-0.05, 0) is 11.8 Å². The van der Waals surface area contributed by atoms with Crippen LogP contribution in [0.1, 0.15) is 18.4 Å². The smallest absolute Gasteiger partial charge is 0.313 e. The molecule has 1 atom stereocenters. The lowest BCUT2D eigenvalue weighted by molar-refractivity contribution is 0.169. The molecule has 7 nitrogen and oxygen atoms in total. The maximum atomic E-state index is 5.70. The maximum absolute atomic E-state index is 5.70. The van der Waals surface area contributed by atoms with Crippen LogP contribution in [0.2, 0.25) is 0 Å². The molecule has 0 fully saturated rings. The highest BCUT2D eigenvalue weighted by Gasteiger charge is 2.19. The zero-order valence-electron chi connectivity index (χ0n) is 12.1. The number of hydrogen-bond acceptors (Lipinski definition) is 7. The zero-order chi connectivity index (χ0) is 15.0. The molecular formula is C11H20N3O4PS. The van der Waals surface area contributed by atoms with Crippen LogP contribution in [-0.2, 0) is 39.0 Å². The van der Waals surface area contributed by atoms with Gasteiger partial charge in [-0.25, -0.2) is 10.1 Å². The lowest BCUT2D eigenvalue weighted by Crippen LogP contribution is -2.15. The van der Waals surface area contributed by atoms with E-state index in [9.17, 15) is 0 Å². The van der Waals surface area contributed by atoms with Crippen molar-refractivity contribution < 1.29 is 18.5 Å². The third-order valence-corrected chi connectivity index (χ3v) is 4.84. The lowest BCUT2D eigenvalue weighted by atomic mass is 10.4. The number of aromatic nitrogens is 2. The number of nitrogens with zero attached hydrogens (tertiary/aromatic N) is 2. The van der Waals surface area contributed by atoms with Crippen LogP contribution < -0.4 is 9.61 Å². The molecule has 1 N–H and O–H groups in total. The second kappa shape index (κ2) is 8.61. The number of methoxy groups -OCH3 is 2. The molecule has 1 aromatic heterocycles. The van der Waals surface area contributed by atoms with Crippen molar-refractivity contribution in [1.82, 2.24) is 15.1 Å². The Hall–Kier alpha value is -0.630. The first-order valence-corrected chi connectivity index (χ1v) is 8.66. The Balaban J connectivity index is 3.00. The zero-order valence-corrected chi connectivity index (χ0v) is 13.8. The normalized spacial score (nSPS) is 14.0. The Labute approximate surface area is 124 Å². The van der Waals surface area contributed by atoms with Gasteiger partial charge in [-0.3, -0.25) is 0 Å². The van der Waals surface area contributed by atoms with Crippen LogP contribution >= 0.6 is 6.64 Å². The highest BCUT2D eigenvalue weighted by molar-refractivity contribution is 8.09. The first-order chi connectivity index (χ1) is 9.56. The number of ether oxygens (including phenoxy) is 2. The van der Waals surface area contributed by atoms with Crippen molar-refractivity contribution in [3.63, 3.8) is 0 Å². The molecule has 114 valence electrons. The van der Waals surface area contributed by atoms with E-state index in [0.29, 0.717) is 30.5 Å². The fourth-order valence-electron chi connectivity index (χ4n) is 1.44. The minimum atomic E-state index is -2.59. The Morgan fingerprint density at radius 2 is 1.90 bits per heavy atom. The molecule has 1 aromatic rings. The van der Waals surface area contributed by atoms with Gasteiger partial charge in [0.2, 0.25) is 5.88 Å². The van der Waals surface area contributed by atoms with E-state index < -0.39 is 6.64 Å². The van der Waals surface area contributed by atoms with Crippen LogP contribution in [0.15, 0.2) is 6.07 Å². The second-order valence-corrected chi connectivity index (χ2v) is 7.06. The largest absolute Gasteiger partial charge is 0.414 e. The van der Waals surface area contributed by atoms with Crippen molar-refractivity contribution in [1.29, 1.82) is 0 Å². The predicted molar refractivity (Wildman–Crippen MR) is 79.1 cm³/mol. The summed E-state index contributed by atoms with van der Waals surface area (Å²) in [6, 6.07) is 1.68. The first kappa shape index (κ1) is 17.4. The van der Waals surface area contributed by atoms with Gasteiger partial charge >= 0.3 is 6.64 Å². The Kier molecular flexibility index (Phi) is 7.50. The molecule has 0 saturated carbocycles. The molecule has 0 aliphatic carbocycles. The van der Waals surface area contributed by atoms with Gasteiger partial charge in [-0.2, -0.15) is 4.98 Å². The maximum Gasteiger partial charge on any atom is 0.313 e. The molecular weight excluding hydrogens is 301 g/mol. The summed E-state index contributed by atoms with van der Waals surface area (Å²) in [6.07, 6.45) is 0.